The van der Waals surface area contributed by atoms with Crippen molar-refractivity contribution < 1.29 is 0 Å². The second-order valence-electron chi connectivity index (χ2n) is 4.68. The van der Waals surface area contributed by atoms with E-state index < -0.39 is 0 Å². The summed E-state index contributed by atoms with van der Waals surface area (Å²) < 4.78 is 0. The highest BCUT2D eigenvalue weighted by molar-refractivity contribution is 5.25. The molecule has 1 saturated carbocycles. The van der Waals surface area contributed by atoms with Crippen LogP contribution in [-0.2, 0) is 0 Å². The second kappa shape index (κ2) is 2.83. The molecule has 3 heteroatoms. The van der Waals surface area contributed by atoms with Crippen molar-refractivity contribution in [2.45, 2.75) is 19.8 Å². The number of likely N-dealkylation sites (tertiary alicyclic amines) is 1. The van der Waals surface area contributed by atoms with Crippen LogP contribution in [0, 0.1) is 18.8 Å². The summed E-state index contributed by atoms with van der Waals surface area (Å²) in [7, 11) is 0. The Labute approximate surface area is 84.5 Å². The zero-order valence-corrected chi connectivity index (χ0v) is 8.83. The molecule has 1 aromatic rings. The minimum atomic E-state index is 0.766. The minimum Gasteiger partial charge on any atom is -0.303 e. The molecule has 76 valence electrons. The van der Waals surface area contributed by atoms with Gasteiger partial charge in [0, 0.05) is 24.7 Å². The molecule has 0 radical (unpaired) electrons. The Bertz CT molecular complexity index is 332. The van der Waals surface area contributed by atoms with Crippen molar-refractivity contribution in [3.05, 3.63) is 17.5 Å². The predicted molar refractivity (Wildman–Crippen MR) is 55.2 cm³/mol. The smallest absolute Gasteiger partial charge is 0.0662 e. The van der Waals surface area contributed by atoms with Crippen LogP contribution in [0.1, 0.15) is 24.2 Å². The summed E-state index contributed by atoms with van der Waals surface area (Å²) in [4.78, 5) is 2.55. The summed E-state index contributed by atoms with van der Waals surface area (Å²) in [5, 5.41) is 7.41. The number of fused-ring (bicyclic) bond motifs is 1. The number of rotatable bonds is 2. The number of nitrogens with one attached hydrogen (secondary N) is 1. The normalized spacial score (nSPS) is 36.0. The molecule has 1 aliphatic carbocycles. The first kappa shape index (κ1) is 8.48. The Morgan fingerprint density at radius 1 is 1.50 bits per heavy atom. The van der Waals surface area contributed by atoms with Crippen molar-refractivity contribution in [3.63, 3.8) is 0 Å². The Hall–Kier alpha value is -0.830. The molecule has 0 spiro atoms. The molecule has 0 amide bonds. The number of H-pyrrole nitrogens is 1. The molecule has 2 atom stereocenters. The fraction of sp³-hybridized carbons (Fsp3) is 0.727. The zero-order valence-electron chi connectivity index (χ0n) is 8.83. The number of piperidine rings is 1. The van der Waals surface area contributed by atoms with Gasteiger partial charge in [-0.25, -0.2) is 0 Å². The third kappa shape index (κ3) is 1.12. The number of aromatic nitrogens is 2. The zero-order chi connectivity index (χ0) is 9.71. The predicted octanol–water partition coefficient (Wildman–Crippen LogP) is 1.38. The molecule has 2 aliphatic rings. The van der Waals surface area contributed by atoms with Crippen LogP contribution in [-0.4, -0.2) is 34.7 Å². The van der Waals surface area contributed by atoms with E-state index in [2.05, 4.69) is 35.0 Å². The molecule has 2 fully saturated rings. The molecule has 1 aliphatic heterocycles. The van der Waals surface area contributed by atoms with Gasteiger partial charge >= 0.3 is 0 Å². The SMILES string of the molecule is CCN1CC2C(C1)C2c1cc(C)[nH]n1. The molecule has 3 rings (SSSR count). The van der Waals surface area contributed by atoms with Gasteiger partial charge in [-0.2, -0.15) is 5.10 Å². The summed E-state index contributed by atoms with van der Waals surface area (Å²) in [6.07, 6.45) is 0. The molecule has 14 heavy (non-hydrogen) atoms. The van der Waals surface area contributed by atoms with Crippen LogP contribution in [0.2, 0.25) is 0 Å². The molecule has 1 saturated heterocycles. The van der Waals surface area contributed by atoms with Gasteiger partial charge in [-0.05, 0) is 31.4 Å². The van der Waals surface area contributed by atoms with Gasteiger partial charge in [0.1, 0.15) is 0 Å². The molecular formula is C11H17N3. The van der Waals surface area contributed by atoms with E-state index in [1.807, 2.05) is 0 Å². The number of aryl methyl sites for hydroxylation is 1. The molecule has 1 aromatic heterocycles. The Kier molecular flexibility index (Phi) is 1.71. The molecule has 3 nitrogen and oxygen atoms in total. The number of hydrogen-bond acceptors (Lipinski definition) is 2. The summed E-state index contributed by atoms with van der Waals surface area (Å²) in [5.74, 6) is 2.57. The molecule has 1 N–H and O–H groups in total. The van der Waals surface area contributed by atoms with Gasteiger partial charge in [0.2, 0.25) is 0 Å². The van der Waals surface area contributed by atoms with E-state index in [1.54, 1.807) is 0 Å². The van der Waals surface area contributed by atoms with Gasteiger partial charge in [0.25, 0.3) is 0 Å². The molecule has 2 unspecified atom stereocenters. The molecule has 0 aromatic carbocycles. The fourth-order valence-electron chi connectivity index (χ4n) is 2.92. The van der Waals surface area contributed by atoms with Crippen molar-refractivity contribution in [1.29, 1.82) is 0 Å². The summed E-state index contributed by atoms with van der Waals surface area (Å²) in [6.45, 7) is 8.11. The lowest BCUT2D eigenvalue weighted by Gasteiger charge is -2.15. The van der Waals surface area contributed by atoms with Crippen LogP contribution in [0.25, 0.3) is 0 Å². The van der Waals surface area contributed by atoms with Crippen LogP contribution in [0.4, 0.5) is 0 Å². The number of nitrogens with zero attached hydrogens (tertiary/aromatic N) is 2. The van der Waals surface area contributed by atoms with E-state index in [0.717, 1.165) is 17.8 Å². The van der Waals surface area contributed by atoms with Gasteiger partial charge in [0.05, 0.1) is 5.69 Å². The number of aromatic amines is 1. The topological polar surface area (TPSA) is 31.9 Å². The highest BCUT2D eigenvalue weighted by Crippen LogP contribution is 2.57. The third-order valence-corrected chi connectivity index (χ3v) is 3.78. The maximum atomic E-state index is 4.37. The Morgan fingerprint density at radius 2 is 2.21 bits per heavy atom. The number of hydrogen-bond donors (Lipinski definition) is 1. The van der Waals surface area contributed by atoms with Crippen molar-refractivity contribution >= 4 is 0 Å². The van der Waals surface area contributed by atoms with Crippen LogP contribution in [0.3, 0.4) is 0 Å². The Balaban J connectivity index is 1.70. The lowest BCUT2D eigenvalue weighted by molar-refractivity contribution is 0.313. The summed E-state index contributed by atoms with van der Waals surface area (Å²) in [6, 6.07) is 2.21. The third-order valence-electron chi connectivity index (χ3n) is 3.78. The molecule has 0 bridgehead atoms. The highest BCUT2D eigenvalue weighted by Gasteiger charge is 2.56. The van der Waals surface area contributed by atoms with Crippen molar-refractivity contribution in [3.8, 4) is 0 Å². The van der Waals surface area contributed by atoms with Gasteiger partial charge in [-0.1, -0.05) is 6.92 Å². The summed E-state index contributed by atoms with van der Waals surface area (Å²) in [5.41, 5.74) is 2.49. The fourth-order valence-corrected chi connectivity index (χ4v) is 2.92. The second-order valence-corrected chi connectivity index (χ2v) is 4.68. The van der Waals surface area contributed by atoms with E-state index in [1.165, 1.54) is 31.0 Å². The maximum absolute atomic E-state index is 4.37. The van der Waals surface area contributed by atoms with E-state index in [4.69, 9.17) is 0 Å². The molecule has 2 heterocycles. The van der Waals surface area contributed by atoms with Crippen LogP contribution in [0.5, 0.6) is 0 Å². The van der Waals surface area contributed by atoms with Crippen molar-refractivity contribution in [2.75, 3.05) is 19.6 Å². The molecular weight excluding hydrogens is 174 g/mol. The standard InChI is InChI=1S/C11H17N3/c1-3-14-5-8-9(6-14)11(8)10-4-7(2)12-13-10/h4,8-9,11H,3,5-6H2,1-2H3,(H,12,13). The monoisotopic (exact) mass is 191 g/mol. The average molecular weight is 191 g/mol. The van der Waals surface area contributed by atoms with Gasteiger partial charge in [-0.3, -0.25) is 5.10 Å². The van der Waals surface area contributed by atoms with E-state index >= 15 is 0 Å². The van der Waals surface area contributed by atoms with Crippen LogP contribution in [0.15, 0.2) is 6.07 Å². The minimum absolute atomic E-state index is 0.766. The summed E-state index contributed by atoms with van der Waals surface area (Å²) >= 11 is 0. The van der Waals surface area contributed by atoms with E-state index in [0.29, 0.717) is 0 Å². The largest absolute Gasteiger partial charge is 0.303 e. The van der Waals surface area contributed by atoms with Gasteiger partial charge in [-0.15, -0.1) is 0 Å². The Morgan fingerprint density at radius 3 is 2.71 bits per heavy atom. The average Bonchev–Trinajstić information content (AvgIpc) is 2.60. The lowest BCUT2D eigenvalue weighted by Crippen LogP contribution is -2.23. The van der Waals surface area contributed by atoms with Gasteiger partial charge < -0.3 is 4.90 Å². The highest BCUT2D eigenvalue weighted by atomic mass is 15.2. The first-order valence-corrected chi connectivity index (χ1v) is 5.54. The van der Waals surface area contributed by atoms with Gasteiger partial charge in [0.15, 0.2) is 0 Å². The van der Waals surface area contributed by atoms with Crippen molar-refractivity contribution in [2.24, 2.45) is 11.8 Å². The van der Waals surface area contributed by atoms with Crippen molar-refractivity contribution in [1.82, 2.24) is 15.1 Å². The van der Waals surface area contributed by atoms with Crippen LogP contribution < -0.4 is 0 Å². The van der Waals surface area contributed by atoms with E-state index in [9.17, 15) is 0 Å². The lowest BCUT2D eigenvalue weighted by atomic mass is 10.2. The first-order chi connectivity index (χ1) is 6.79. The van der Waals surface area contributed by atoms with E-state index in [-0.39, 0.29) is 0 Å². The quantitative estimate of drug-likeness (QED) is 0.766. The van der Waals surface area contributed by atoms with Crippen LogP contribution >= 0.6 is 0 Å². The first-order valence-electron chi connectivity index (χ1n) is 5.54. The maximum Gasteiger partial charge on any atom is 0.0662 e.